The lowest BCUT2D eigenvalue weighted by molar-refractivity contribution is 0.111. The fourth-order valence-electron chi connectivity index (χ4n) is 1.17. The van der Waals surface area contributed by atoms with E-state index in [2.05, 4.69) is 0 Å². The molecule has 0 bridgehead atoms. The summed E-state index contributed by atoms with van der Waals surface area (Å²) >= 11 is 0. The van der Waals surface area contributed by atoms with E-state index in [0.29, 0.717) is 23.7 Å². The maximum absolute atomic E-state index is 10.8. The summed E-state index contributed by atoms with van der Waals surface area (Å²) < 4.78 is 10.6. The maximum Gasteiger partial charge on any atom is 0.172 e. The first-order chi connectivity index (χ1) is 7.33. The minimum atomic E-state index is 0.428. The van der Waals surface area contributed by atoms with Gasteiger partial charge in [-0.2, -0.15) is 0 Å². The van der Waals surface area contributed by atoms with E-state index in [-0.39, 0.29) is 0 Å². The second kappa shape index (κ2) is 5.86. The van der Waals surface area contributed by atoms with Crippen LogP contribution in [0.2, 0.25) is 0 Å². The van der Waals surface area contributed by atoms with Crippen molar-refractivity contribution >= 4 is 6.29 Å². The van der Waals surface area contributed by atoms with Crippen molar-refractivity contribution in [3.05, 3.63) is 35.9 Å². The van der Waals surface area contributed by atoms with Gasteiger partial charge in [0, 0.05) is 0 Å². The van der Waals surface area contributed by atoms with E-state index in [1.165, 1.54) is 0 Å². The average molecular weight is 206 g/mol. The number of hydrogen-bond donors (Lipinski definition) is 0. The molecule has 0 N–H and O–H groups in total. The molecule has 1 rings (SSSR count). The van der Waals surface area contributed by atoms with E-state index in [9.17, 15) is 4.79 Å². The van der Waals surface area contributed by atoms with Crippen LogP contribution in [0, 0.1) is 0 Å². The molecule has 0 atom stereocenters. The van der Waals surface area contributed by atoms with Gasteiger partial charge in [0.05, 0.1) is 12.7 Å². The predicted octanol–water partition coefficient (Wildman–Crippen LogP) is 2.46. The third kappa shape index (κ3) is 2.84. The number of para-hydroxylation sites is 1. The quantitative estimate of drug-likeness (QED) is 0.548. The predicted molar refractivity (Wildman–Crippen MR) is 58.7 cm³/mol. The Balaban J connectivity index is 2.94. The average Bonchev–Trinajstić information content (AvgIpc) is 2.29. The molecule has 0 heterocycles. The van der Waals surface area contributed by atoms with E-state index in [1.54, 1.807) is 25.3 Å². The van der Waals surface area contributed by atoms with Crippen LogP contribution in [0.15, 0.2) is 30.4 Å². The summed E-state index contributed by atoms with van der Waals surface area (Å²) in [6, 6.07) is 5.21. The second-order valence-electron chi connectivity index (χ2n) is 2.88. The van der Waals surface area contributed by atoms with Gasteiger partial charge >= 0.3 is 0 Å². The van der Waals surface area contributed by atoms with Crippen LogP contribution in [0.25, 0.3) is 0 Å². The lowest BCUT2D eigenvalue weighted by Gasteiger charge is -2.10. The fraction of sp³-hybridized carbons (Fsp3) is 0.250. The summed E-state index contributed by atoms with van der Waals surface area (Å²) in [5.41, 5.74) is 0.499. The molecule has 0 fully saturated rings. The SMILES string of the molecule is C/C=C/COc1c(C=O)cccc1OC. The minimum Gasteiger partial charge on any atom is -0.493 e. The zero-order chi connectivity index (χ0) is 11.1. The van der Waals surface area contributed by atoms with Gasteiger partial charge in [0.25, 0.3) is 0 Å². The van der Waals surface area contributed by atoms with E-state index in [1.807, 2.05) is 19.1 Å². The molecule has 1 aromatic rings. The molecule has 0 aromatic heterocycles. The number of allylic oxidation sites excluding steroid dienone is 1. The number of hydrogen-bond acceptors (Lipinski definition) is 3. The molecule has 3 heteroatoms. The Labute approximate surface area is 89.3 Å². The van der Waals surface area contributed by atoms with Crippen LogP contribution in [0.4, 0.5) is 0 Å². The van der Waals surface area contributed by atoms with Crippen molar-refractivity contribution in [2.45, 2.75) is 6.92 Å². The Morgan fingerprint density at radius 2 is 2.20 bits per heavy atom. The Morgan fingerprint density at radius 3 is 2.80 bits per heavy atom. The summed E-state index contributed by atoms with van der Waals surface area (Å²) in [5.74, 6) is 1.07. The van der Waals surface area contributed by atoms with E-state index in [4.69, 9.17) is 9.47 Å². The molecule has 1 aromatic carbocycles. The molecule has 80 valence electrons. The van der Waals surface area contributed by atoms with Crippen LogP contribution in [-0.4, -0.2) is 20.0 Å². The van der Waals surface area contributed by atoms with Crippen LogP contribution in [0.5, 0.6) is 11.5 Å². The van der Waals surface area contributed by atoms with Gasteiger partial charge in [0.15, 0.2) is 17.8 Å². The van der Waals surface area contributed by atoms with Gasteiger partial charge in [-0.15, -0.1) is 0 Å². The van der Waals surface area contributed by atoms with Gasteiger partial charge in [0.2, 0.25) is 0 Å². The van der Waals surface area contributed by atoms with E-state index < -0.39 is 0 Å². The van der Waals surface area contributed by atoms with Crippen LogP contribution >= 0.6 is 0 Å². The first kappa shape index (κ1) is 11.3. The number of rotatable bonds is 5. The number of carbonyl (C=O) groups excluding carboxylic acids is 1. The van der Waals surface area contributed by atoms with Crippen molar-refractivity contribution in [1.29, 1.82) is 0 Å². The number of benzene rings is 1. The van der Waals surface area contributed by atoms with Gasteiger partial charge in [0.1, 0.15) is 6.61 Å². The van der Waals surface area contributed by atoms with Crippen molar-refractivity contribution in [3.8, 4) is 11.5 Å². The lowest BCUT2D eigenvalue weighted by atomic mass is 10.2. The molecule has 0 aliphatic heterocycles. The van der Waals surface area contributed by atoms with Crippen molar-refractivity contribution in [2.75, 3.05) is 13.7 Å². The first-order valence-corrected chi connectivity index (χ1v) is 4.69. The first-order valence-electron chi connectivity index (χ1n) is 4.69. The van der Waals surface area contributed by atoms with Crippen molar-refractivity contribution in [3.63, 3.8) is 0 Å². The molecule has 0 aliphatic carbocycles. The topological polar surface area (TPSA) is 35.5 Å². The fourth-order valence-corrected chi connectivity index (χ4v) is 1.17. The highest BCUT2D eigenvalue weighted by atomic mass is 16.5. The molecule has 15 heavy (non-hydrogen) atoms. The van der Waals surface area contributed by atoms with Gasteiger partial charge < -0.3 is 9.47 Å². The molecule has 3 nitrogen and oxygen atoms in total. The van der Waals surface area contributed by atoms with Crippen molar-refractivity contribution < 1.29 is 14.3 Å². The summed E-state index contributed by atoms with van der Waals surface area (Å²) in [6.07, 6.45) is 4.50. The molecular formula is C12H14O3. The normalized spacial score (nSPS) is 10.3. The Hall–Kier alpha value is -1.77. The zero-order valence-electron chi connectivity index (χ0n) is 8.90. The zero-order valence-corrected chi connectivity index (χ0v) is 8.90. The highest BCUT2D eigenvalue weighted by molar-refractivity contribution is 5.81. The molecule has 0 saturated heterocycles. The molecule has 0 aliphatic rings. The molecule has 0 radical (unpaired) electrons. The third-order valence-electron chi connectivity index (χ3n) is 1.92. The second-order valence-corrected chi connectivity index (χ2v) is 2.88. The van der Waals surface area contributed by atoms with Gasteiger partial charge in [-0.25, -0.2) is 0 Å². The van der Waals surface area contributed by atoms with Gasteiger partial charge in [-0.1, -0.05) is 18.2 Å². The van der Waals surface area contributed by atoms with Gasteiger partial charge in [-0.05, 0) is 19.1 Å². The number of ether oxygens (including phenoxy) is 2. The molecule has 0 spiro atoms. The Bertz CT molecular complexity index is 356. The summed E-state index contributed by atoms with van der Waals surface area (Å²) in [4.78, 5) is 10.8. The molecule has 0 saturated carbocycles. The minimum absolute atomic E-state index is 0.428. The number of carbonyl (C=O) groups is 1. The van der Waals surface area contributed by atoms with E-state index in [0.717, 1.165) is 6.29 Å². The molecule has 0 unspecified atom stereocenters. The monoisotopic (exact) mass is 206 g/mol. The molecular weight excluding hydrogens is 192 g/mol. The smallest absolute Gasteiger partial charge is 0.172 e. The highest BCUT2D eigenvalue weighted by Crippen LogP contribution is 2.29. The third-order valence-corrected chi connectivity index (χ3v) is 1.92. The highest BCUT2D eigenvalue weighted by Gasteiger charge is 2.08. The van der Waals surface area contributed by atoms with Crippen LogP contribution in [0.1, 0.15) is 17.3 Å². The van der Waals surface area contributed by atoms with Crippen molar-refractivity contribution in [2.24, 2.45) is 0 Å². The lowest BCUT2D eigenvalue weighted by Crippen LogP contribution is -1.99. The number of aldehydes is 1. The summed E-state index contributed by atoms with van der Waals surface area (Å²) in [7, 11) is 1.55. The Morgan fingerprint density at radius 1 is 1.40 bits per heavy atom. The van der Waals surface area contributed by atoms with Crippen LogP contribution < -0.4 is 9.47 Å². The summed E-state index contributed by atoms with van der Waals surface area (Å²) in [5, 5.41) is 0. The molecule has 0 amide bonds. The van der Waals surface area contributed by atoms with Gasteiger partial charge in [-0.3, -0.25) is 4.79 Å². The van der Waals surface area contributed by atoms with Crippen molar-refractivity contribution in [1.82, 2.24) is 0 Å². The van der Waals surface area contributed by atoms with Crippen LogP contribution in [-0.2, 0) is 0 Å². The Kier molecular flexibility index (Phi) is 4.41. The largest absolute Gasteiger partial charge is 0.493 e. The van der Waals surface area contributed by atoms with Crippen LogP contribution in [0.3, 0.4) is 0 Å². The maximum atomic E-state index is 10.8. The summed E-state index contributed by atoms with van der Waals surface area (Å²) in [6.45, 7) is 2.34. The number of methoxy groups -OCH3 is 1. The van der Waals surface area contributed by atoms with E-state index >= 15 is 0 Å². The standard InChI is InChI=1S/C12H14O3/c1-3-4-8-15-12-10(9-13)6-5-7-11(12)14-2/h3-7,9H,8H2,1-2H3/b4-3+.